The first-order chi connectivity index (χ1) is 16.5. The third-order valence-electron chi connectivity index (χ3n) is 7.75. The van der Waals surface area contributed by atoms with E-state index in [1.165, 1.54) is 0 Å². The van der Waals surface area contributed by atoms with Gasteiger partial charge in [-0.25, -0.2) is 0 Å². The zero-order chi connectivity index (χ0) is 24.1. The van der Waals surface area contributed by atoms with Crippen molar-refractivity contribution in [3.63, 3.8) is 0 Å². The van der Waals surface area contributed by atoms with Crippen molar-refractivity contribution < 1.29 is 33.7 Å². The molecular weight excluding hydrogens is 442 g/mol. The fourth-order valence-electron chi connectivity index (χ4n) is 6.21. The monoisotopic (exact) mass is 481 g/mol. The van der Waals surface area contributed by atoms with Crippen LogP contribution in [-0.2, 0) is 28.6 Å². The molecule has 34 heavy (non-hydrogen) atoms. The van der Waals surface area contributed by atoms with E-state index in [1.54, 1.807) is 11.8 Å². The Morgan fingerprint density at radius 1 is 1.18 bits per heavy atom. The average Bonchev–Trinajstić information content (AvgIpc) is 3.47. The molecule has 1 spiro atoms. The lowest BCUT2D eigenvalue weighted by molar-refractivity contribution is -0.154. The molecule has 192 valence electrons. The number of nitrogens with one attached hydrogen (secondary N) is 1. The van der Waals surface area contributed by atoms with Gasteiger partial charge in [0.15, 0.2) is 0 Å². The van der Waals surface area contributed by atoms with Gasteiger partial charge in [0.2, 0.25) is 11.8 Å². The summed E-state index contributed by atoms with van der Waals surface area (Å²) < 4.78 is 17.0. The lowest BCUT2D eigenvalue weighted by Crippen LogP contribution is -2.56. The maximum Gasteiger partial charge on any atom is 0.312 e. The Morgan fingerprint density at radius 3 is 2.68 bits per heavy atom. The maximum atomic E-state index is 13.6. The van der Waals surface area contributed by atoms with Crippen molar-refractivity contribution in [2.45, 2.75) is 63.2 Å². The van der Waals surface area contributed by atoms with Gasteiger partial charge in [-0.3, -0.25) is 19.3 Å². The Labute approximate surface area is 201 Å². The normalized spacial score (nSPS) is 32.8. The van der Waals surface area contributed by atoms with Crippen molar-refractivity contribution in [2.75, 3.05) is 59.2 Å². The number of hydrogen-bond acceptors (Lipinski definition) is 8. The SMILES string of the molecule is CCOC(=O)[C@@H]1[C@H]2C(=O)N(CCCCCCO)C(C(=O)NCCN3CCOCC3)C23CC[C@H]1O3. The van der Waals surface area contributed by atoms with Gasteiger partial charge in [0, 0.05) is 39.3 Å². The van der Waals surface area contributed by atoms with E-state index in [9.17, 15) is 14.4 Å². The first-order valence-electron chi connectivity index (χ1n) is 12.9. The average molecular weight is 482 g/mol. The summed E-state index contributed by atoms with van der Waals surface area (Å²) >= 11 is 0. The van der Waals surface area contributed by atoms with Gasteiger partial charge >= 0.3 is 5.97 Å². The highest BCUT2D eigenvalue weighted by atomic mass is 16.6. The summed E-state index contributed by atoms with van der Waals surface area (Å²) in [7, 11) is 0. The molecule has 0 saturated carbocycles. The van der Waals surface area contributed by atoms with Gasteiger partial charge in [-0.2, -0.15) is 0 Å². The van der Waals surface area contributed by atoms with Crippen molar-refractivity contribution in [1.82, 2.24) is 15.1 Å². The molecule has 4 rings (SSSR count). The minimum absolute atomic E-state index is 0.151. The number of carbonyl (C=O) groups excluding carboxylic acids is 3. The number of aliphatic hydroxyl groups excluding tert-OH is 1. The topological polar surface area (TPSA) is 118 Å². The minimum Gasteiger partial charge on any atom is -0.466 e. The Bertz CT molecular complexity index is 744. The van der Waals surface area contributed by atoms with E-state index in [1.807, 2.05) is 0 Å². The lowest BCUT2D eigenvalue weighted by Gasteiger charge is -2.34. The highest BCUT2D eigenvalue weighted by Gasteiger charge is 2.74. The van der Waals surface area contributed by atoms with Crippen LogP contribution in [0.1, 0.15) is 45.4 Å². The number of nitrogens with zero attached hydrogens (tertiary/aromatic N) is 2. The van der Waals surface area contributed by atoms with Crippen LogP contribution in [0, 0.1) is 11.8 Å². The third kappa shape index (κ3) is 4.82. The van der Waals surface area contributed by atoms with Gasteiger partial charge in [0.25, 0.3) is 0 Å². The molecule has 2 amide bonds. The molecule has 4 aliphatic rings. The van der Waals surface area contributed by atoms with E-state index in [-0.39, 0.29) is 31.1 Å². The molecule has 0 aromatic carbocycles. The third-order valence-corrected chi connectivity index (χ3v) is 7.75. The van der Waals surface area contributed by atoms with Crippen LogP contribution in [0.5, 0.6) is 0 Å². The number of esters is 1. The number of likely N-dealkylation sites (tertiary alicyclic amines) is 1. The van der Waals surface area contributed by atoms with Gasteiger partial charge < -0.3 is 29.5 Å². The number of amides is 2. The summed E-state index contributed by atoms with van der Waals surface area (Å²) in [5, 5.41) is 12.1. The summed E-state index contributed by atoms with van der Waals surface area (Å²) in [6.45, 7) is 6.88. The first-order valence-corrected chi connectivity index (χ1v) is 12.9. The van der Waals surface area contributed by atoms with Crippen molar-refractivity contribution in [3.05, 3.63) is 0 Å². The number of ether oxygens (including phenoxy) is 3. The van der Waals surface area contributed by atoms with Gasteiger partial charge in [-0.15, -0.1) is 0 Å². The maximum absolute atomic E-state index is 13.6. The van der Waals surface area contributed by atoms with Crippen molar-refractivity contribution in [3.8, 4) is 0 Å². The van der Waals surface area contributed by atoms with Crippen LogP contribution < -0.4 is 5.32 Å². The number of unbranched alkanes of at least 4 members (excludes halogenated alkanes) is 3. The van der Waals surface area contributed by atoms with Gasteiger partial charge in [-0.1, -0.05) is 12.8 Å². The molecule has 4 fully saturated rings. The number of hydrogen-bond donors (Lipinski definition) is 2. The zero-order valence-corrected chi connectivity index (χ0v) is 20.2. The van der Waals surface area contributed by atoms with E-state index in [0.29, 0.717) is 39.1 Å². The van der Waals surface area contributed by atoms with Crippen LogP contribution in [0.2, 0.25) is 0 Å². The van der Waals surface area contributed by atoms with Crippen LogP contribution in [-0.4, -0.2) is 110 Å². The van der Waals surface area contributed by atoms with Crippen molar-refractivity contribution in [1.29, 1.82) is 0 Å². The molecule has 4 heterocycles. The second kappa shape index (κ2) is 11.3. The molecule has 0 aromatic heterocycles. The minimum atomic E-state index is -0.965. The van der Waals surface area contributed by atoms with Crippen LogP contribution in [0.4, 0.5) is 0 Å². The standard InChI is InChI=1S/C24H39N3O7/c1-2-33-23(31)18-17-7-8-24(34-17)19(18)22(30)27(10-5-3-4-6-14-28)20(24)21(29)25-9-11-26-12-15-32-16-13-26/h17-20,28H,2-16H2,1H3,(H,25,29)/t17-,18+,19+,20?,24?/m1/s1. The van der Waals surface area contributed by atoms with Crippen LogP contribution >= 0.6 is 0 Å². The first kappa shape index (κ1) is 25.3. The second-order valence-corrected chi connectivity index (χ2v) is 9.72. The molecule has 2 N–H and O–H groups in total. The van der Waals surface area contributed by atoms with Crippen LogP contribution in [0.15, 0.2) is 0 Å². The lowest BCUT2D eigenvalue weighted by atomic mass is 9.71. The molecule has 0 radical (unpaired) electrons. The van der Waals surface area contributed by atoms with E-state index in [0.717, 1.165) is 45.3 Å². The molecule has 4 aliphatic heterocycles. The van der Waals surface area contributed by atoms with Gasteiger partial charge in [0.1, 0.15) is 11.6 Å². The Balaban J connectivity index is 1.48. The largest absolute Gasteiger partial charge is 0.466 e. The number of aliphatic hydroxyl groups is 1. The number of fused-ring (bicyclic) bond motifs is 1. The Kier molecular flexibility index (Phi) is 8.44. The number of morpholine rings is 1. The van der Waals surface area contributed by atoms with Gasteiger partial charge in [-0.05, 0) is 32.6 Å². The Hall–Kier alpha value is -1.75. The molecule has 0 aromatic rings. The molecular formula is C24H39N3O7. The molecule has 2 unspecified atom stereocenters. The highest BCUT2D eigenvalue weighted by molar-refractivity contribution is 5.98. The summed E-state index contributed by atoms with van der Waals surface area (Å²) in [6, 6.07) is -0.739. The Morgan fingerprint density at radius 2 is 1.94 bits per heavy atom. The molecule has 10 nitrogen and oxygen atoms in total. The summed E-state index contributed by atoms with van der Waals surface area (Å²) in [6.07, 6.45) is 4.05. The fourth-order valence-corrected chi connectivity index (χ4v) is 6.21. The molecule has 5 atom stereocenters. The number of carbonyl (C=O) groups is 3. The summed E-state index contributed by atoms with van der Waals surface area (Å²) in [5.41, 5.74) is -0.965. The predicted molar refractivity (Wildman–Crippen MR) is 122 cm³/mol. The van der Waals surface area contributed by atoms with E-state index >= 15 is 0 Å². The van der Waals surface area contributed by atoms with E-state index in [2.05, 4.69) is 10.2 Å². The quantitative estimate of drug-likeness (QED) is 0.294. The van der Waals surface area contributed by atoms with Crippen LogP contribution in [0.25, 0.3) is 0 Å². The molecule has 2 bridgehead atoms. The smallest absolute Gasteiger partial charge is 0.312 e. The zero-order valence-electron chi connectivity index (χ0n) is 20.2. The molecule has 10 heteroatoms. The number of rotatable bonds is 12. The van der Waals surface area contributed by atoms with Crippen LogP contribution in [0.3, 0.4) is 0 Å². The molecule has 4 saturated heterocycles. The van der Waals surface area contributed by atoms with Crippen molar-refractivity contribution in [2.24, 2.45) is 11.8 Å². The highest BCUT2D eigenvalue weighted by Crippen LogP contribution is 2.58. The van der Waals surface area contributed by atoms with E-state index in [4.69, 9.17) is 19.3 Å². The second-order valence-electron chi connectivity index (χ2n) is 9.72. The summed E-state index contributed by atoms with van der Waals surface area (Å²) in [4.78, 5) is 43.8. The van der Waals surface area contributed by atoms with E-state index < -0.39 is 29.4 Å². The molecule has 0 aliphatic carbocycles. The van der Waals surface area contributed by atoms with Crippen molar-refractivity contribution >= 4 is 17.8 Å². The summed E-state index contributed by atoms with van der Waals surface area (Å²) in [5.74, 6) is -2.09. The van der Waals surface area contributed by atoms with Gasteiger partial charge in [0.05, 0.1) is 37.8 Å². The fraction of sp³-hybridized carbons (Fsp3) is 0.875. The predicted octanol–water partition coefficient (Wildman–Crippen LogP) is -0.0748.